The number of rotatable bonds is 18. The SMILES string of the molecule is CC[C@H](C)[C@H](NC(=O)[C@H](Cc1ccc(O)cc1)NC(=O)[C@H](Cc1ccc2ccccc2c1)NC(=O)[C@H](CCSC)NC(=O)[C@H](C)N)C(=O)O. The summed E-state index contributed by atoms with van der Waals surface area (Å²) >= 11 is 1.49. The van der Waals surface area contributed by atoms with E-state index in [1.807, 2.05) is 55.6 Å². The number of aliphatic carboxylic acids is 1. The fourth-order valence-corrected chi connectivity index (χ4v) is 5.65. The highest BCUT2D eigenvalue weighted by Crippen LogP contribution is 2.18. The number of hydrogen-bond acceptors (Lipinski definition) is 8. The van der Waals surface area contributed by atoms with Gasteiger partial charge in [0.2, 0.25) is 23.6 Å². The Morgan fingerprint density at radius 2 is 1.27 bits per heavy atom. The standard InChI is InChI=1S/C36H47N5O7S/c1-5-21(2)31(36(47)48)41-35(46)29(19-23-11-14-27(42)15-12-23)40-34(45)30(20-24-10-13-25-8-6-7-9-26(25)18-24)39-33(44)28(16-17-49-4)38-32(43)22(3)37/h6-15,18,21-22,28-31,42H,5,16-17,19-20,37H2,1-4H3,(H,38,43)(H,39,44)(H,40,45)(H,41,46)(H,47,48)/t21-,22-,28-,29-,30-,31-/m0/s1. The fraction of sp³-hybridized carbons (Fsp3) is 0.417. The molecule has 0 unspecified atom stereocenters. The summed E-state index contributed by atoms with van der Waals surface area (Å²) in [6.07, 6.45) is 2.67. The number of nitrogens with two attached hydrogens (primary N) is 1. The first-order chi connectivity index (χ1) is 23.3. The van der Waals surface area contributed by atoms with E-state index in [4.69, 9.17) is 5.73 Å². The second kappa shape index (κ2) is 18.8. The van der Waals surface area contributed by atoms with Gasteiger partial charge in [-0.3, -0.25) is 19.2 Å². The van der Waals surface area contributed by atoms with Crippen molar-refractivity contribution in [3.63, 3.8) is 0 Å². The van der Waals surface area contributed by atoms with E-state index >= 15 is 0 Å². The number of nitrogens with one attached hydrogen (secondary N) is 4. The predicted octanol–water partition coefficient (Wildman–Crippen LogP) is 2.50. The average molecular weight is 694 g/mol. The summed E-state index contributed by atoms with van der Waals surface area (Å²) in [4.78, 5) is 66.0. The summed E-state index contributed by atoms with van der Waals surface area (Å²) in [6.45, 7) is 5.02. The Hall–Kier alpha value is -4.62. The van der Waals surface area contributed by atoms with Crippen molar-refractivity contribution in [3.8, 4) is 5.75 Å². The third-order valence-electron chi connectivity index (χ3n) is 8.33. The number of thioether (sulfide) groups is 1. The second-order valence-electron chi connectivity index (χ2n) is 12.2. The number of amides is 4. The lowest BCUT2D eigenvalue weighted by atomic mass is 9.97. The van der Waals surface area contributed by atoms with Crippen LogP contribution >= 0.6 is 11.8 Å². The van der Waals surface area contributed by atoms with Gasteiger partial charge in [0, 0.05) is 12.8 Å². The van der Waals surface area contributed by atoms with Gasteiger partial charge in [0.1, 0.15) is 29.9 Å². The maximum Gasteiger partial charge on any atom is 0.326 e. The number of benzene rings is 3. The van der Waals surface area contributed by atoms with E-state index in [2.05, 4.69) is 21.3 Å². The molecule has 0 spiro atoms. The third kappa shape index (κ3) is 11.8. The smallest absolute Gasteiger partial charge is 0.326 e. The van der Waals surface area contributed by atoms with Crippen LogP contribution in [0.25, 0.3) is 10.8 Å². The Morgan fingerprint density at radius 1 is 0.735 bits per heavy atom. The first kappa shape index (κ1) is 38.8. The number of carbonyl (C=O) groups is 5. The zero-order valence-corrected chi connectivity index (χ0v) is 29.1. The van der Waals surface area contributed by atoms with Crippen molar-refractivity contribution in [1.29, 1.82) is 0 Å². The molecule has 3 rings (SSSR count). The van der Waals surface area contributed by atoms with E-state index < -0.39 is 65.7 Å². The largest absolute Gasteiger partial charge is 0.508 e. The number of carboxylic acid groups (broad SMARTS) is 1. The van der Waals surface area contributed by atoms with Crippen molar-refractivity contribution in [2.45, 2.75) is 76.7 Å². The molecule has 12 nitrogen and oxygen atoms in total. The van der Waals surface area contributed by atoms with Crippen molar-refractivity contribution < 1.29 is 34.2 Å². The molecule has 3 aromatic rings. The predicted molar refractivity (Wildman–Crippen MR) is 191 cm³/mol. The van der Waals surface area contributed by atoms with E-state index in [-0.39, 0.29) is 25.0 Å². The van der Waals surface area contributed by atoms with Crippen LogP contribution < -0.4 is 27.0 Å². The van der Waals surface area contributed by atoms with Gasteiger partial charge in [-0.1, -0.05) is 74.9 Å². The van der Waals surface area contributed by atoms with Gasteiger partial charge < -0.3 is 37.2 Å². The molecule has 0 fully saturated rings. The monoisotopic (exact) mass is 693 g/mol. The van der Waals surface area contributed by atoms with E-state index in [9.17, 15) is 34.2 Å². The zero-order chi connectivity index (χ0) is 36.1. The molecule has 264 valence electrons. The molecule has 3 aromatic carbocycles. The van der Waals surface area contributed by atoms with Crippen LogP contribution in [0.4, 0.5) is 0 Å². The van der Waals surface area contributed by atoms with E-state index in [1.165, 1.54) is 30.8 Å². The molecule has 0 aliphatic carbocycles. The number of phenols is 1. The third-order valence-corrected chi connectivity index (χ3v) is 8.97. The van der Waals surface area contributed by atoms with Gasteiger partial charge in [0.05, 0.1) is 6.04 Å². The Morgan fingerprint density at radius 3 is 1.84 bits per heavy atom. The van der Waals surface area contributed by atoms with Crippen LogP contribution in [0.5, 0.6) is 5.75 Å². The van der Waals surface area contributed by atoms with Gasteiger partial charge in [-0.05, 0) is 65.3 Å². The summed E-state index contributed by atoms with van der Waals surface area (Å²) in [5.41, 5.74) is 7.08. The lowest BCUT2D eigenvalue weighted by Crippen LogP contribution is -2.59. The Labute approximate surface area is 291 Å². The molecule has 8 N–H and O–H groups in total. The van der Waals surface area contributed by atoms with Crippen LogP contribution in [-0.4, -0.2) is 82.0 Å². The number of carbonyl (C=O) groups excluding carboxylic acids is 4. The molecule has 0 aliphatic rings. The molecule has 4 amide bonds. The van der Waals surface area contributed by atoms with Crippen molar-refractivity contribution in [3.05, 3.63) is 77.9 Å². The summed E-state index contributed by atoms with van der Waals surface area (Å²) in [6, 6.07) is 14.0. The first-order valence-corrected chi connectivity index (χ1v) is 17.7. The fourth-order valence-electron chi connectivity index (χ4n) is 5.18. The molecular weight excluding hydrogens is 646 g/mol. The molecule has 0 heterocycles. The van der Waals surface area contributed by atoms with Crippen LogP contribution in [0.1, 0.15) is 44.7 Å². The molecular formula is C36H47N5O7S. The molecule has 6 atom stereocenters. The normalized spacial score (nSPS) is 14.8. The van der Waals surface area contributed by atoms with Gasteiger partial charge in [-0.15, -0.1) is 0 Å². The first-order valence-electron chi connectivity index (χ1n) is 16.3. The van der Waals surface area contributed by atoms with Crippen LogP contribution in [-0.2, 0) is 36.8 Å². The number of aromatic hydroxyl groups is 1. The van der Waals surface area contributed by atoms with Crippen LogP contribution in [0, 0.1) is 5.92 Å². The van der Waals surface area contributed by atoms with Gasteiger partial charge in [0.25, 0.3) is 0 Å². The maximum atomic E-state index is 14.1. The van der Waals surface area contributed by atoms with Crippen molar-refractivity contribution in [2.75, 3.05) is 12.0 Å². The van der Waals surface area contributed by atoms with Gasteiger partial charge in [-0.25, -0.2) is 4.79 Å². The Kier molecular flexibility index (Phi) is 14.9. The molecule has 0 saturated heterocycles. The summed E-state index contributed by atoms with van der Waals surface area (Å²) in [7, 11) is 0. The lowest BCUT2D eigenvalue weighted by Gasteiger charge is -2.27. The number of phenolic OH excluding ortho intramolecular Hbond substituents is 1. The van der Waals surface area contributed by atoms with Gasteiger partial charge in [-0.2, -0.15) is 11.8 Å². The quantitative estimate of drug-likeness (QED) is 0.105. The van der Waals surface area contributed by atoms with Gasteiger partial charge in [0.15, 0.2) is 0 Å². The van der Waals surface area contributed by atoms with Crippen LogP contribution in [0.2, 0.25) is 0 Å². The highest BCUT2D eigenvalue weighted by molar-refractivity contribution is 7.98. The molecule has 0 radical (unpaired) electrons. The molecule has 0 saturated carbocycles. The van der Waals surface area contributed by atoms with Crippen molar-refractivity contribution >= 4 is 52.1 Å². The second-order valence-corrected chi connectivity index (χ2v) is 13.2. The Balaban J connectivity index is 1.97. The zero-order valence-electron chi connectivity index (χ0n) is 28.3. The van der Waals surface area contributed by atoms with Gasteiger partial charge >= 0.3 is 5.97 Å². The van der Waals surface area contributed by atoms with E-state index in [0.717, 1.165) is 16.3 Å². The minimum atomic E-state index is -1.23. The van der Waals surface area contributed by atoms with Crippen LogP contribution in [0.3, 0.4) is 0 Å². The number of hydrogen-bond donors (Lipinski definition) is 7. The number of fused-ring (bicyclic) bond motifs is 1. The maximum absolute atomic E-state index is 14.1. The Bertz CT molecular complexity index is 1600. The lowest BCUT2D eigenvalue weighted by molar-refractivity contribution is -0.143. The van der Waals surface area contributed by atoms with Crippen LogP contribution in [0.15, 0.2) is 66.7 Å². The molecule has 49 heavy (non-hydrogen) atoms. The summed E-state index contributed by atoms with van der Waals surface area (Å²) < 4.78 is 0. The minimum Gasteiger partial charge on any atom is -0.508 e. The topological polar surface area (TPSA) is 200 Å². The molecule has 0 aliphatic heterocycles. The minimum absolute atomic E-state index is 0.0156. The van der Waals surface area contributed by atoms with E-state index in [1.54, 1.807) is 19.1 Å². The van der Waals surface area contributed by atoms with Crippen molar-refractivity contribution in [2.24, 2.45) is 11.7 Å². The van der Waals surface area contributed by atoms with Crippen molar-refractivity contribution in [1.82, 2.24) is 21.3 Å². The average Bonchev–Trinajstić information content (AvgIpc) is 3.08. The highest BCUT2D eigenvalue weighted by atomic mass is 32.2. The highest BCUT2D eigenvalue weighted by Gasteiger charge is 2.33. The summed E-state index contributed by atoms with van der Waals surface area (Å²) in [5, 5.41) is 32.3. The molecule has 0 aromatic heterocycles. The number of carboxylic acids is 1. The van der Waals surface area contributed by atoms with E-state index in [0.29, 0.717) is 17.7 Å². The molecule has 13 heteroatoms. The summed E-state index contributed by atoms with van der Waals surface area (Å²) in [5.74, 6) is -3.54. The molecule has 0 bridgehead atoms.